The second kappa shape index (κ2) is 5.04. The predicted octanol–water partition coefficient (Wildman–Crippen LogP) is 1.99. The summed E-state index contributed by atoms with van der Waals surface area (Å²) in [6.45, 7) is 6.95. The van der Waals surface area contributed by atoms with Crippen LogP contribution in [0.2, 0.25) is 5.54 Å². The van der Waals surface area contributed by atoms with Gasteiger partial charge in [-0.1, -0.05) is 45.6 Å². The van der Waals surface area contributed by atoms with Crippen molar-refractivity contribution in [3.8, 4) is 0 Å². The monoisotopic (exact) mass is 144 g/mol. The molecule has 0 saturated carbocycles. The van der Waals surface area contributed by atoms with E-state index in [2.05, 4.69) is 20.8 Å². The molecule has 9 heavy (non-hydrogen) atoms. The van der Waals surface area contributed by atoms with E-state index in [-0.39, 0.29) is 0 Å². The van der Waals surface area contributed by atoms with Gasteiger partial charge < -0.3 is 0 Å². The SMILES string of the molecule is CCCCC([SiH3])C(C)C. The van der Waals surface area contributed by atoms with Gasteiger partial charge in [0, 0.05) is 10.2 Å². The fraction of sp³-hybridized carbons (Fsp3) is 1.00. The summed E-state index contributed by atoms with van der Waals surface area (Å²) in [6, 6.07) is 0. The third-order valence-corrected chi connectivity index (χ3v) is 4.06. The summed E-state index contributed by atoms with van der Waals surface area (Å²) >= 11 is 0. The lowest BCUT2D eigenvalue weighted by atomic mass is 10.0. The Balaban J connectivity index is 3.16. The molecule has 0 aromatic rings. The highest BCUT2D eigenvalue weighted by Gasteiger charge is 2.04. The maximum Gasteiger partial charge on any atom is 0.00705 e. The first-order chi connectivity index (χ1) is 4.18. The van der Waals surface area contributed by atoms with E-state index < -0.39 is 0 Å². The van der Waals surface area contributed by atoms with Crippen LogP contribution < -0.4 is 0 Å². The van der Waals surface area contributed by atoms with E-state index in [1.54, 1.807) is 0 Å². The molecule has 0 aromatic heterocycles. The van der Waals surface area contributed by atoms with E-state index in [0.717, 1.165) is 11.5 Å². The van der Waals surface area contributed by atoms with Crippen LogP contribution in [0.5, 0.6) is 0 Å². The lowest BCUT2D eigenvalue weighted by molar-refractivity contribution is 0.534. The summed E-state index contributed by atoms with van der Waals surface area (Å²) in [4.78, 5) is 0. The molecule has 56 valence electrons. The van der Waals surface area contributed by atoms with Gasteiger partial charge in [0.15, 0.2) is 0 Å². The minimum atomic E-state index is 0.934. The molecular weight excluding hydrogens is 124 g/mol. The van der Waals surface area contributed by atoms with E-state index in [9.17, 15) is 0 Å². The maximum absolute atomic E-state index is 2.34. The highest BCUT2D eigenvalue weighted by Crippen LogP contribution is 2.19. The minimum Gasteiger partial charge on any atom is -0.0654 e. The standard InChI is InChI=1S/C8H20Si/c1-4-5-6-8(9)7(2)3/h7-8H,4-6H2,1-3,9H3. The third kappa shape index (κ3) is 4.70. The van der Waals surface area contributed by atoms with Crippen LogP contribution in [-0.2, 0) is 0 Å². The second-order valence-corrected chi connectivity index (χ2v) is 4.85. The Morgan fingerprint density at radius 3 is 2.22 bits per heavy atom. The van der Waals surface area contributed by atoms with Gasteiger partial charge in [0.2, 0.25) is 0 Å². The number of hydrogen-bond donors (Lipinski definition) is 0. The van der Waals surface area contributed by atoms with Crippen molar-refractivity contribution in [3.05, 3.63) is 0 Å². The molecule has 0 heterocycles. The molecule has 0 N–H and O–H groups in total. The van der Waals surface area contributed by atoms with Crippen molar-refractivity contribution in [2.45, 2.75) is 45.6 Å². The zero-order valence-corrected chi connectivity index (χ0v) is 9.28. The van der Waals surface area contributed by atoms with Crippen LogP contribution in [0.25, 0.3) is 0 Å². The Kier molecular flexibility index (Phi) is 5.16. The molecule has 0 aliphatic rings. The molecule has 0 nitrogen and oxygen atoms in total. The van der Waals surface area contributed by atoms with Crippen LogP contribution in [0.15, 0.2) is 0 Å². The summed E-state index contributed by atoms with van der Waals surface area (Å²) in [7, 11) is 1.39. The van der Waals surface area contributed by atoms with Crippen LogP contribution >= 0.6 is 0 Å². The molecule has 0 aliphatic carbocycles. The molecule has 0 saturated heterocycles. The van der Waals surface area contributed by atoms with E-state index in [1.165, 1.54) is 29.5 Å². The van der Waals surface area contributed by atoms with Crippen molar-refractivity contribution in [3.63, 3.8) is 0 Å². The summed E-state index contributed by atoms with van der Waals surface area (Å²) < 4.78 is 0. The van der Waals surface area contributed by atoms with E-state index >= 15 is 0 Å². The molecule has 0 aromatic carbocycles. The van der Waals surface area contributed by atoms with Crippen molar-refractivity contribution in [1.82, 2.24) is 0 Å². The number of hydrogen-bond acceptors (Lipinski definition) is 0. The van der Waals surface area contributed by atoms with Gasteiger partial charge in [-0.15, -0.1) is 0 Å². The third-order valence-electron chi connectivity index (χ3n) is 2.15. The molecule has 0 spiro atoms. The molecule has 0 fully saturated rings. The highest BCUT2D eigenvalue weighted by atomic mass is 28.1. The quantitative estimate of drug-likeness (QED) is 0.529. The van der Waals surface area contributed by atoms with Gasteiger partial charge in [-0.05, 0) is 5.92 Å². The van der Waals surface area contributed by atoms with Crippen molar-refractivity contribution in [2.24, 2.45) is 5.92 Å². The molecule has 0 aliphatic heterocycles. The Bertz CT molecular complexity index is 59.6. The average molecular weight is 144 g/mol. The van der Waals surface area contributed by atoms with Crippen molar-refractivity contribution >= 4 is 10.2 Å². The second-order valence-electron chi connectivity index (χ2n) is 3.36. The summed E-state index contributed by atoms with van der Waals surface area (Å²) in [5, 5.41) is 0. The molecule has 0 bridgehead atoms. The first-order valence-electron chi connectivity index (χ1n) is 4.18. The Morgan fingerprint density at radius 1 is 1.33 bits per heavy atom. The Labute approximate surface area is 62.5 Å². The van der Waals surface area contributed by atoms with Crippen LogP contribution in [0.3, 0.4) is 0 Å². The summed E-state index contributed by atoms with van der Waals surface area (Å²) in [5.41, 5.74) is 1.06. The lowest BCUT2D eigenvalue weighted by Crippen LogP contribution is -2.00. The van der Waals surface area contributed by atoms with Gasteiger partial charge >= 0.3 is 0 Å². The van der Waals surface area contributed by atoms with Gasteiger partial charge in [-0.2, -0.15) is 0 Å². The predicted molar refractivity (Wildman–Crippen MR) is 48.1 cm³/mol. The topological polar surface area (TPSA) is 0 Å². The smallest absolute Gasteiger partial charge is 0.00705 e. The summed E-state index contributed by atoms with van der Waals surface area (Å²) in [5.74, 6) is 0.934. The first-order valence-corrected chi connectivity index (χ1v) is 5.34. The lowest BCUT2D eigenvalue weighted by Gasteiger charge is -2.13. The van der Waals surface area contributed by atoms with E-state index in [4.69, 9.17) is 0 Å². The van der Waals surface area contributed by atoms with Gasteiger partial charge in [0.05, 0.1) is 0 Å². The van der Waals surface area contributed by atoms with Crippen LogP contribution in [-0.4, -0.2) is 10.2 Å². The molecule has 0 amide bonds. The van der Waals surface area contributed by atoms with Crippen LogP contribution in [0, 0.1) is 5.92 Å². The van der Waals surface area contributed by atoms with Crippen molar-refractivity contribution < 1.29 is 0 Å². The van der Waals surface area contributed by atoms with E-state index in [1.807, 2.05) is 0 Å². The van der Waals surface area contributed by atoms with Crippen LogP contribution in [0.1, 0.15) is 40.0 Å². The van der Waals surface area contributed by atoms with Crippen molar-refractivity contribution in [1.29, 1.82) is 0 Å². The molecular formula is C8H20Si. The van der Waals surface area contributed by atoms with Gasteiger partial charge in [-0.25, -0.2) is 0 Å². The summed E-state index contributed by atoms with van der Waals surface area (Å²) in [6.07, 6.45) is 4.28. The van der Waals surface area contributed by atoms with Crippen LogP contribution in [0.4, 0.5) is 0 Å². The first kappa shape index (κ1) is 9.22. The highest BCUT2D eigenvalue weighted by molar-refractivity contribution is 6.11. The average Bonchev–Trinajstić information content (AvgIpc) is 1.82. The van der Waals surface area contributed by atoms with Crippen molar-refractivity contribution in [2.75, 3.05) is 0 Å². The Hall–Kier alpha value is 0.217. The zero-order valence-electron chi connectivity index (χ0n) is 7.28. The molecule has 1 unspecified atom stereocenters. The molecule has 1 heteroatoms. The normalized spacial score (nSPS) is 14.7. The zero-order chi connectivity index (χ0) is 7.28. The fourth-order valence-electron chi connectivity index (χ4n) is 0.859. The minimum absolute atomic E-state index is 0.934. The number of rotatable bonds is 4. The maximum atomic E-state index is 2.34. The van der Waals surface area contributed by atoms with Gasteiger partial charge in [-0.3, -0.25) is 0 Å². The molecule has 1 atom stereocenters. The van der Waals surface area contributed by atoms with Gasteiger partial charge in [0.1, 0.15) is 0 Å². The molecule has 0 radical (unpaired) electrons. The van der Waals surface area contributed by atoms with Gasteiger partial charge in [0.25, 0.3) is 0 Å². The number of unbranched alkanes of at least 4 members (excludes halogenated alkanes) is 1. The molecule has 0 rings (SSSR count). The largest absolute Gasteiger partial charge is 0.0654 e. The fourth-order valence-corrected chi connectivity index (χ4v) is 1.27. The van der Waals surface area contributed by atoms with E-state index in [0.29, 0.717) is 0 Å². The Morgan fingerprint density at radius 2 is 1.89 bits per heavy atom.